The van der Waals surface area contributed by atoms with E-state index in [0.717, 1.165) is 37.7 Å². The fourth-order valence-electron chi connectivity index (χ4n) is 5.13. The molecule has 0 spiro atoms. The SMILES string of the molecule is CCc1ccc(NC(=O)N(CCN2CCCCC2)CC2CC3C=CC2C3)cc1. The molecule has 1 aromatic carbocycles. The van der Waals surface area contributed by atoms with E-state index in [1.807, 2.05) is 12.1 Å². The van der Waals surface area contributed by atoms with Crippen molar-refractivity contribution in [2.24, 2.45) is 17.8 Å². The van der Waals surface area contributed by atoms with Gasteiger partial charge in [-0.1, -0.05) is 37.6 Å². The van der Waals surface area contributed by atoms with Crippen LogP contribution in [0.15, 0.2) is 36.4 Å². The highest BCUT2D eigenvalue weighted by molar-refractivity contribution is 5.89. The zero-order valence-corrected chi connectivity index (χ0v) is 17.3. The van der Waals surface area contributed by atoms with Gasteiger partial charge in [-0.15, -0.1) is 0 Å². The van der Waals surface area contributed by atoms with Crippen molar-refractivity contribution < 1.29 is 4.79 Å². The van der Waals surface area contributed by atoms with E-state index in [1.165, 1.54) is 50.8 Å². The second-order valence-corrected chi connectivity index (χ2v) is 8.87. The van der Waals surface area contributed by atoms with E-state index < -0.39 is 0 Å². The van der Waals surface area contributed by atoms with Crippen molar-refractivity contribution in [1.82, 2.24) is 9.80 Å². The largest absolute Gasteiger partial charge is 0.323 e. The predicted molar refractivity (Wildman–Crippen MR) is 116 cm³/mol. The molecule has 0 aromatic heterocycles. The van der Waals surface area contributed by atoms with Gasteiger partial charge < -0.3 is 15.1 Å². The first-order chi connectivity index (χ1) is 13.7. The topological polar surface area (TPSA) is 35.6 Å². The normalized spacial score (nSPS) is 26.5. The number of piperidine rings is 1. The van der Waals surface area contributed by atoms with Crippen LogP contribution in [0.25, 0.3) is 0 Å². The molecule has 3 atom stereocenters. The standard InChI is InChI=1S/C24H35N3O/c1-2-19-7-10-23(11-8-19)25-24(28)27(15-14-26-12-4-3-5-13-26)18-22-17-20-6-9-21(22)16-20/h6-11,20-22H,2-5,12-18H2,1H3,(H,25,28). The summed E-state index contributed by atoms with van der Waals surface area (Å²) in [6, 6.07) is 8.33. The predicted octanol–water partition coefficient (Wildman–Crippen LogP) is 4.78. The van der Waals surface area contributed by atoms with E-state index in [0.29, 0.717) is 11.8 Å². The monoisotopic (exact) mass is 381 g/mol. The number of nitrogens with one attached hydrogen (secondary N) is 1. The van der Waals surface area contributed by atoms with Gasteiger partial charge in [0.25, 0.3) is 0 Å². The quantitative estimate of drug-likeness (QED) is 0.690. The molecule has 3 unspecified atom stereocenters. The van der Waals surface area contributed by atoms with Crippen molar-refractivity contribution in [3.05, 3.63) is 42.0 Å². The Morgan fingerprint density at radius 3 is 2.54 bits per heavy atom. The van der Waals surface area contributed by atoms with Gasteiger partial charge in [-0.3, -0.25) is 0 Å². The number of urea groups is 1. The van der Waals surface area contributed by atoms with Crippen molar-refractivity contribution in [1.29, 1.82) is 0 Å². The van der Waals surface area contributed by atoms with E-state index in [-0.39, 0.29) is 6.03 Å². The maximum atomic E-state index is 13.1. The van der Waals surface area contributed by atoms with Gasteiger partial charge in [-0.2, -0.15) is 0 Å². The van der Waals surface area contributed by atoms with E-state index in [2.05, 4.69) is 46.3 Å². The zero-order chi connectivity index (χ0) is 19.3. The summed E-state index contributed by atoms with van der Waals surface area (Å²) in [5.41, 5.74) is 2.20. The Morgan fingerprint density at radius 1 is 1.11 bits per heavy atom. The molecule has 1 heterocycles. The lowest BCUT2D eigenvalue weighted by Gasteiger charge is -2.32. The van der Waals surface area contributed by atoms with E-state index >= 15 is 0 Å². The Balaban J connectivity index is 1.38. The Labute approximate surface area is 170 Å². The molecule has 2 amide bonds. The van der Waals surface area contributed by atoms with Crippen LogP contribution in [0.1, 0.15) is 44.6 Å². The minimum absolute atomic E-state index is 0.0630. The molecule has 28 heavy (non-hydrogen) atoms. The number of hydrogen-bond acceptors (Lipinski definition) is 2. The van der Waals surface area contributed by atoms with Gasteiger partial charge in [-0.25, -0.2) is 4.79 Å². The molecule has 1 N–H and O–H groups in total. The van der Waals surface area contributed by atoms with Crippen molar-refractivity contribution in [2.45, 2.75) is 45.4 Å². The van der Waals surface area contributed by atoms with Gasteiger partial charge in [-0.05, 0) is 80.6 Å². The summed E-state index contributed by atoms with van der Waals surface area (Å²) in [4.78, 5) is 17.7. The zero-order valence-electron chi connectivity index (χ0n) is 17.3. The fraction of sp³-hybridized carbons (Fsp3) is 0.625. The number of likely N-dealkylation sites (tertiary alicyclic amines) is 1. The van der Waals surface area contributed by atoms with Crippen molar-refractivity contribution in [2.75, 3.05) is 38.0 Å². The first kappa shape index (κ1) is 19.5. The number of carbonyl (C=O) groups is 1. The summed E-state index contributed by atoms with van der Waals surface area (Å²) in [6.07, 6.45) is 12.3. The average Bonchev–Trinajstić information content (AvgIpc) is 3.35. The number of nitrogens with zero attached hydrogens (tertiary/aromatic N) is 2. The lowest BCUT2D eigenvalue weighted by Crippen LogP contribution is -2.44. The van der Waals surface area contributed by atoms with Crippen LogP contribution in [0, 0.1) is 17.8 Å². The number of amides is 2. The highest BCUT2D eigenvalue weighted by Crippen LogP contribution is 2.43. The molecule has 4 rings (SSSR count). The van der Waals surface area contributed by atoms with Gasteiger partial charge in [0.2, 0.25) is 0 Å². The van der Waals surface area contributed by atoms with E-state index in [4.69, 9.17) is 0 Å². The van der Waals surface area contributed by atoms with Crippen LogP contribution < -0.4 is 5.32 Å². The molecule has 2 aliphatic carbocycles. The molecule has 4 heteroatoms. The molecule has 2 bridgehead atoms. The molecule has 4 nitrogen and oxygen atoms in total. The Hall–Kier alpha value is -1.81. The van der Waals surface area contributed by atoms with Crippen molar-refractivity contribution in [3.63, 3.8) is 0 Å². The van der Waals surface area contributed by atoms with Gasteiger partial charge in [0.15, 0.2) is 0 Å². The Kier molecular flexibility index (Phi) is 6.36. The first-order valence-corrected chi connectivity index (χ1v) is 11.3. The summed E-state index contributed by atoms with van der Waals surface area (Å²) < 4.78 is 0. The summed E-state index contributed by atoms with van der Waals surface area (Å²) in [5.74, 6) is 2.06. The third kappa shape index (κ3) is 4.78. The third-order valence-electron chi connectivity index (χ3n) is 6.91. The van der Waals surface area contributed by atoms with Crippen LogP contribution in [0.5, 0.6) is 0 Å². The molecule has 1 aromatic rings. The number of allylic oxidation sites excluding steroid dienone is 2. The number of carbonyl (C=O) groups excluding carboxylic acids is 1. The Bertz CT molecular complexity index is 678. The van der Waals surface area contributed by atoms with Crippen molar-refractivity contribution >= 4 is 11.7 Å². The lowest BCUT2D eigenvalue weighted by molar-refractivity contribution is 0.167. The highest BCUT2D eigenvalue weighted by Gasteiger charge is 2.37. The maximum absolute atomic E-state index is 13.1. The summed E-state index contributed by atoms with van der Waals surface area (Å²) in [5, 5.41) is 3.15. The van der Waals surface area contributed by atoms with Crippen LogP contribution in [0.3, 0.4) is 0 Å². The molecule has 152 valence electrons. The number of anilines is 1. The van der Waals surface area contributed by atoms with Crippen LogP contribution in [-0.4, -0.2) is 48.6 Å². The molecular weight excluding hydrogens is 346 g/mol. The number of rotatable bonds is 7. The third-order valence-corrected chi connectivity index (χ3v) is 6.91. The van der Waals surface area contributed by atoms with Crippen LogP contribution >= 0.6 is 0 Å². The van der Waals surface area contributed by atoms with Crippen molar-refractivity contribution in [3.8, 4) is 0 Å². The lowest BCUT2D eigenvalue weighted by atomic mass is 9.93. The smallest absolute Gasteiger partial charge is 0.321 e. The second-order valence-electron chi connectivity index (χ2n) is 8.87. The molecule has 1 saturated carbocycles. The summed E-state index contributed by atoms with van der Waals surface area (Å²) in [7, 11) is 0. The first-order valence-electron chi connectivity index (χ1n) is 11.3. The van der Waals surface area contributed by atoms with Gasteiger partial charge in [0.05, 0.1) is 0 Å². The Morgan fingerprint density at radius 2 is 1.89 bits per heavy atom. The summed E-state index contributed by atoms with van der Waals surface area (Å²) in [6.45, 7) is 7.24. The molecule has 1 saturated heterocycles. The van der Waals surface area contributed by atoms with Gasteiger partial charge in [0.1, 0.15) is 0 Å². The minimum atomic E-state index is 0.0630. The molecule has 2 fully saturated rings. The highest BCUT2D eigenvalue weighted by atomic mass is 16.2. The molecule has 3 aliphatic rings. The average molecular weight is 382 g/mol. The van der Waals surface area contributed by atoms with Crippen LogP contribution in [-0.2, 0) is 6.42 Å². The molecule has 1 aliphatic heterocycles. The number of fused-ring (bicyclic) bond motifs is 2. The molecule has 0 radical (unpaired) electrons. The number of hydrogen-bond donors (Lipinski definition) is 1. The minimum Gasteiger partial charge on any atom is -0.323 e. The van der Waals surface area contributed by atoms with E-state index in [1.54, 1.807) is 0 Å². The maximum Gasteiger partial charge on any atom is 0.321 e. The van der Waals surface area contributed by atoms with Crippen LogP contribution in [0.2, 0.25) is 0 Å². The fourth-order valence-corrected chi connectivity index (χ4v) is 5.13. The van der Waals surface area contributed by atoms with Gasteiger partial charge >= 0.3 is 6.03 Å². The van der Waals surface area contributed by atoms with Crippen LogP contribution in [0.4, 0.5) is 10.5 Å². The second kappa shape index (κ2) is 9.13. The molecular formula is C24H35N3O. The number of benzene rings is 1. The van der Waals surface area contributed by atoms with Gasteiger partial charge in [0, 0.05) is 25.3 Å². The van der Waals surface area contributed by atoms with E-state index in [9.17, 15) is 4.79 Å². The summed E-state index contributed by atoms with van der Waals surface area (Å²) >= 11 is 0. The number of aryl methyl sites for hydroxylation is 1.